The molecule has 0 aliphatic rings. The maximum atomic E-state index is 12.1. The average Bonchev–Trinajstić information content (AvgIpc) is 2.50. The number of alkyl carbamates (subject to hydrolysis) is 1. The summed E-state index contributed by atoms with van der Waals surface area (Å²) in [4.78, 5) is 12.1. The highest BCUT2D eigenvalue weighted by Crippen LogP contribution is 2.13. The third-order valence-electron chi connectivity index (χ3n) is 4.59. The molecule has 0 radical (unpaired) electrons. The van der Waals surface area contributed by atoms with Crippen LogP contribution in [-0.2, 0) is 11.3 Å². The van der Waals surface area contributed by atoms with Crippen LogP contribution in [0.1, 0.15) is 32.3 Å². The van der Waals surface area contributed by atoms with Gasteiger partial charge in [0.05, 0.1) is 54.9 Å². The van der Waals surface area contributed by atoms with Gasteiger partial charge in [-0.25, -0.2) is 4.79 Å². The smallest absolute Gasteiger partial charge is 0.407 e. The van der Waals surface area contributed by atoms with Gasteiger partial charge in [0.2, 0.25) is 0 Å². The minimum absolute atomic E-state index is 0.288. The summed E-state index contributed by atoms with van der Waals surface area (Å²) in [5.74, 6) is 0. The number of hydrogen-bond donors (Lipinski definition) is 1. The first-order chi connectivity index (χ1) is 11.9. The molecule has 1 aromatic rings. The van der Waals surface area contributed by atoms with Crippen molar-refractivity contribution in [3.8, 4) is 0 Å². The fourth-order valence-corrected chi connectivity index (χ4v) is 2.77. The number of carbonyl (C=O) groups excluding carboxylic acids is 1. The lowest BCUT2D eigenvalue weighted by atomic mass is 10.00. The van der Waals surface area contributed by atoms with Gasteiger partial charge in [0.25, 0.3) is 0 Å². The van der Waals surface area contributed by atoms with Crippen molar-refractivity contribution in [1.82, 2.24) is 5.32 Å². The summed E-state index contributed by atoms with van der Waals surface area (Å²) >= 11 is 0. The van der Waals surface area contributed by atoms with E-state index in [9.17, 15) is 4.79 Å². The minimum Gasteiger partial charge on any atom is -0.445 e. The number of ether oxygens (including phenoxy) is 1. The van der Waals surface area contributed by atoms with Gasteiger partial charge in [-0.15, -0.1) is 0 Å². The summed E-state index contributed by atoms with van der Waals surface area (Å²) in [6.07, 6.45) is 1.75. The zero-order chi connectivity index (χ0) is 19.8. The van der Waals surface area contributed by atoms with E-state index in [1.165, 1.54) is 13.0 Å². The highest BCUT2D eigenvalue weighted by molar-refractivity contribution is 5.68. The summed E-state index contributed by atoms with van der Waals surface area (Å²) in [7, 11) is 11.2. The topological polar surface area (TPSA) is 38.3 Å². The van der Waals surface area contributed by atoms with Crippen molar-refractivity contribution in [3.63, 3.8) is 0 Å². The average molecular weight is 366 g/mol. The van der Waals surface area contributed by atoms with Gasteiger partial charge in [0.1, 0.15) is 6.61 Å². The quantitative estimate of drug-likeness (QED) is 0.647. The summed E-state index contributed by atoms with van der Waals surface area (Å²) in [5.41, 5.74) is 0.708. The van der Waals surface area contributed by atoms with E-state index in [4.69, 9.17) is 4.74 Å². The SMILES string of the molecule is CC(C)(CC[N+](C)(C)CCC[N+](C)(C)C)NC(=O)OCc1ccccc1. The molecule has 5 nitrogen and oxygen atoms in total. The van der Waals surface area contributed by atoms with Gasteiger partial charge in [-0.3, -0.25) is 0 Å². The lowest BCUT2D eigenvalue weighted by Gasteiger charge is -2.35. The molecule has 26 heavy (non-hydrogen) atoms. The van der Waals surface area contributed by atoms with Crippen molar-refractivity contribution >= 4 is 6.09 Å². The summed E-state index contributed by atoms with van der Waals surface area (Å²) in [6, 6.07) is 9.74. The number of amides is 1. The normalized spacial score (nSPS) is 12.7. The first-order valence-corrected chi connectivity index (χ1v) is 9.50. The number of hydrogen-bond acceptors (Lipinski definition) is 2. The summed E-state index contributed by atoms with van der Waals surface area (Å²) < 4.78 is 7.30. The molecule has 0 saturated carbocycles. The lowest BCUT2D eigenvalue weighted by molar-refractivity contribution is -0.902. The number of quaternary nitrogens is 2. The molecule has 0 aliphatic heterocycles. The molecule has 0 aliphatic carbocycles. The Bertz CT molecular complexity index is 548. The fourth-order valence-electron chi connectivity index (χ4n) is 2.77. The second-order valence-electron chi connectivity index (χ2n) is 9.57. The Morgan fingerprint density at radius 1 is 1.00 bits per heavy atom. The van der Waals surface area contributed by atoms with E-state index < -0.39 is 0 Å². The van der Waals surface area contributed by atoms with Gasteiger partial charge in [-0.05, 0) is 19.4 Å². The van der Waals surface area contributed by atoms with E-state index in [-0.39, 0.29) is 11.6 Å². The highest BCUT2D eigenvalue weighted by Gasteiger charge is 2.26. The molecule has 0 unspecified atom stereocenters. The van der Waals surface area contributed by atoms with Crippen molar-refractivity contribution in [2.24, 2.45) is 0 Å². The lowest BCUT2D eigenvalue weighted by Crippen LogP contribution is -2.50. The highest BCUT2D eigenvalue weighted by atomic mass is 16.5. The molecule has 0 heterocycles. The van der Waals surface area contributed by atoms with Crippen LogP contribution >= 0.6 is 0 Å². The molecule has 1 amide bonds. The van der Waals surface area contributed by atoms with Gasteiger partial charge in [0, 0.05) is 18.4 Å². The van der Waals surface area contributed by atoms with Gasteiger partial charge in [-0.2, -0.15) is 0 Å². The summed E-state index contributed by atoms with van der Waals surface area (Å²) in [5, 5.41) is 3.01. The molecular weight excluding hydrogens is 326 g/mol. The standard InChI is InChI=1S/C21H38N3O2/c1-21(2,14-17-24(6,7)16-11-15-23(3,4)5)22-20(25)26-18-19-12-9-8-10-13-19/h8-10,12-13H,11,14-18H2,1-7H3/q+1/p+1. The van der Waals surface area contributed by atoms with Crippen LogP contribution < -0.4 is 5.32 Å². The number of nitrogens with one attached hydrogen (secondary N) is 1. The zero-order valence-corrected chi connectivity index (χ0v) is 17.8. The number of carbonyl (C=O) groups is 1. The Morgan fingerprint density at radius 3 is 2.19 bits per heavy atom. The maximum Gasteiger partial charge on any atom is 0.407 e. The first-order valence-electron chi connectivity index (χ1n) is 9.50. The largest absolute Gasteiger partial charge is 0.445 e. The molecular formula is C21H39N3O2+2. The van der Waals surface area contributed by atoms with Gasteiger partial charge in [-0.1, -0.05) is 30.3 Å². The molecule has 1 N–H and O–H groups in total. The fraction of sp³-hybridized carbons (Fsp3) is 0.667. The maximum absolute atomic E-state index is 12.1. The molecule has 0 bridgehead atoms. The molecule has 1 aromatic carbocycles. The zero-order valence-electron chi connectivity index (χ0n) is 17.8. The van der Waals surface area contributed by atoms with Crippen molar-refractivity contribution in [2.45, 2.75) is 38.8 Å². The van der Waals surface area contributed by atoms with Crippen LogP contribution in [0, 0.1) is 0 Å². The van der Waals surface area contributed by atoms with Crippen LogP contribution in [0.15, 0.2) is 30.3 Å². The molecule has 148 valence electrons. The van der Waals surface area contributed by atoms with Crippen LogP contribution in [0.5, 0.6) is 0 Å². The second kappa shape index (κ2) is 9.38. The molecule has 0 atom stereocenters. The second-order valence-corrected chi connectivity index (χ2v) is 9.57. The Kier molecular flexibility index (Phi) is 8.10. The van der Waals surface area contributed by atoms with Crippen LogP contribution in [0.2, 0.25) is 0 Å². The Labute approximate surface area is 160 Å². The van der Waals surface area contributed by atoms with E-state index in [0.717, 1.165) is 34.0 Å². The third-order valence-corrected chi connectivity index (χ3v) is 4.59. The van der Waals surface area contributed by atoms with Crippen molar-refractivity contribution < 1.29 is 18.5 Å². The molecule has 0 spiro atoms. The van der Waals surface area contributed by atoms with E-state index in [2.05, 4.69) is 54.4 Å². The van der Waals surface area contributed by atoms with Crippen molar-refractivity contribution in [2.75, 3.05) is 54.9 Å². The van der Waals surface area contributed by atoms with Crippen LogP contribution in [-0.4, -0.2) is 75.5 Å². The van der Waals surface area contributed by atoms with E-state index in [1.54, 1.807) is 0 Å². The van der Waals surface area contributed by atoms with Crippen LogP contribution in [0.25, 0.3) is 0 Å². The van der Waals surface area contributed by atoms with E-state index in [0.29, 0.717) is 6.61 Å². The monoisotopic (exact) mass is 365 g/mol. The van der Waals surface area contributed by atoms with Crippen molar-refractivity contribution in [1.29, 1.82) is 0 Å². The Morgan fingerprint density at radius 2 is 1.62 bits per heavy atom. The van der Waals surface area contributed by atoms with Gasteiger partial charge in [0.15, 0.2) is 0 Å². The van der Waals surface area contributed by atoms with Crippen LogP contribution in [0.3, 0.4) is 0 Å². The summed E-state index contributed by atoms with van der Waals surface area (Å²) in [6.45, 7) is 7.75. The third kappa shape index (κ3) is 10.4. The Hall–Kier alpha value is -1.59. The predicted octanol–water partition coefficient (Wildman–Crippen LogP) is 3.25. The van der Waals surface area contributed by atoms with Gasteiger partial charge < -0.3 is 19.0 Å². The van der Waals surface area contributed by atoms with Crippen LogP contribution in [0.4, 0.5) is 4.79 Å². The predicted molar refractivity (Wildman–Crippen MR) is 108 cm³/mol. The van der Waals surface area contributed by atoms with Crippen molar-refractivity contribution in [3.05, 3.63) is 35.9 Å². The number of rotatable bonds is 10. The minimum atomic E-state index is -0.353. The molecule has 5 heteroatoms. The molecule has 0 aromatic heterocycles. The van der Waals surface area contributed by atoms with E-state index in [1.807, 2.05) is 30.3 Å². The Balaban J connectivity index is 2.36. The number of nitrogens with zero attached hydrogens (tertiary/aromatic N) is 2. The number of benzene rings is 1. The van der Waals surface area contributed by atoms with E-state index >= 15 is 0 Å². The molecule has 0 fully saturated rings. The first kappa shape index (κ1) is 22.5. The molecule has 1 rings (SSSR count). The van der Waals surface area contributed by atoms with Gasteiger partial charge >= 0.3 is 6.09 Å². The molecule has 0 saturated heterocycles.